The lowest BCUT2D eigenvalue weighted by molar-refractivity contribution is 0.310. The van der Waals surface area contributed by atoms with Crippen LogP contribution in [0.2, 0.25) is 0 Å². The van der Waals surface area contributed by atoms with Crippen LogP contribution in [0.25, 0.3) is 11.1 Å². The molecular formula is C16H19N5O. The smallest absolute Gasteiger partial charge is 0.219 e. The second kappa shape index (κ2) is 5.29. The Morgan fingerprint density at radius 1 is 1.18 bits per heavy atom. The van der Waals surface area contributed by atoms with Gasteiger partial charge in [0, 0.05) is 18.0 Å². The summed E-state index contributed by atoms with van der Waals surface area (Å²) in [6, 6.07) is 8.02. The number of nitrogens with two attached hydrogens (primary N) is 2. The number of amidine groups is 1. The van der Waals surface area contributed by atoms with E-state index in [0.717, 1.165) is 29.5 Å². The zero-order valence-electron chi connectivity index (χ0n) is 12.4. The molecule has 5 N–H and O–H groups in total. The van der Waals surface area contributed by atoms with Crippen LogP contribution in [-0.2, 0) is 5.41 Å². The average Bonchev–Trinajstić information content (AvgIpc) is 3.39. The van der Waals surface area contributed by atoms with E-state index in [4.69, 9.17) is 16.7 Å². The molecule has 0 saturated heterocycles. The maximum atomic E-state index is 9.10. The Bertz CT molecular complexity index is 691. The molecule has 1 aromatic carbocycles. The summed E-state index contributed by atoms with van der Waals surface area (Å²) in [5, 5.41) is 12.4. The quantitative estimate of drug-likeness (QED) is 0.346. The highest BCUT2D eigenvalue weighted by atomic mass is 16.4. The Labute approximate surface area is 128 Å². The third-order valence-corrected chi connectivity index (χ3v) is 4.52. The number of rotatable bonds is 4. The van der Waals surface area contributed by atoms with Gasteiger partial charge in [-0.1, -0.05) is 29.4 Å². The van der Waals surface area contributed by atoms with Gasteiger partial charge in [0.05, 0.1) is 5.41 Å². The number of benzene rings is 1. The molecule has 1 heterocycles. The minimum atomic E-state index is -0.426. The van der Waals surface area contributed by atoms with Crippen molar-refractivity contribution in [3.8, 4) is 11.1 Å². The second-order valence-electron chi connectivity index (χ2n) is 5.87. The largest absolute Gasteiger partial charge is 0.409 e. The van der Waals surface area contributed by atoms with Gasteiger partial charge in [0.15, 0.2) is 0 Å². The summed E-state index contributed by atoms with van der Waals surface area (Å²) in [4.78, 5) is 8.00. The Balaban J connectivity index is 1.95. The summed E-state index contributed by atoms with van der Waals surface area (Å²) in [6.07, 6.45) is 5.59. The van der Waals surface area contributed by atoms with Crippen LogP contribution in [0.5, 0.6) is 0 Å². The van der Waals surface area contributed by atoms with Crippen molar-refractivity contribution in [2.24, 2.45) is 16.8 Å². The van der Waals surface area contributed by atoms with Gasteiger partial charge in [-0.05, 0) is 36.8 Å². The fourth-order valence-corrected chi connectivity index (χ4v) is 2.85. The van der Waals surface area contributed by atoms with Crippen LogP contribution in [-0.4, -0.2) is 21.0 Å². The van der Waals surface area contributed by atoms with E-state index < -0.39 is 5.41 Å². The third kappa shape index (κ3) is 2.36. The number of nitrogens with zero attached hydrogens (tertiary/aromatic N) is 3. The minimum Gasteiger partial charge on any atom is -0.409 e. The van der Waals surface area contributed by atoms with E-state index in [1.54, 1.807) is 12.4 Å². The van der Waals surface area contributed by atoms with Gasteiger partial charge < -0.3 is 16.7 Å². The predicted octanol–water partition coefficient (Wildman–Crippen LogP) is 2.14. The van der Waals surface area contributed by atoms with Crippen LogP contribution >= 0.6 is 0 Å². The fraction of sp³-hybridized carbons (Fsp3) is 0.312. The molecule has 3 rings (SSSR count). The molecule has 2 aromatic rings. The molecule has 0 amide bonds. The van der Waals surface area contributed by atoms with Gasteiger partial charge in [0.2, 0.25) is 5.95 Å². The zero-order chi connectivity index (χ0) is 15.7. The van der Waals surface area contributed by atoms with Crippen LogP contribution in [0, 0.1) is 5.92 Å². The minimum absolute atomic E-state index is 0.258. The van der Waals surface area contributed by atoms with E-state index in [2.05, 4.69) is 15.1 Å². The molecule has 1 saturated carbocycles. The molecule has 1 aliphatic rings. The Hall–Kier alpha value is -2.63. The third-order valence-electron chi connectivity index (χ3n) is 4.52. The van der Waals surface area contributed by atoms with Crippen LogP contribution < -0.4 is 11.5 Å². The van der Waals surface area contributed by atoms with Gasteiger partial charge in [0.1, 0.15) is 5.84 Å². The first-order chi connectivity index (χ1) is 10.6. The second-order valence-corrected chi connectivity index (χ2v) is 5.87. The summed E-state index contributed by atoms with van der Waals surface area (Å²) in [7, 11) is 0. The van der Waals surface area contributed by atoms with Crippen molar-refractivity contribution in [3.63, 3.8) is 0 Å². The lowest BCUT2D eigenvalue weighted by Gasteiger charge is -2.29. The predicted molar refractivity (Wildman–Crippen MR) is 85.4 cm³/mol. The highest BCUT2D eigenvalue weighted by Crippen LogP contribution is 2.47. The molecule has 1 aromatic heterocycles. The average molecular weight is 297 g/mol. The first kappa shape index (κ1) is 14.3. The highest BCUT2D eigenvalue weighted by Gasteiger charge is 2.46. The summed E-state index contributed by atoms with van der Waals surface area (Å²) in [5.41, 5.74) is 14.0. The van der Waals surface area contributed by atoms with Crippen molar-refractivity contribution < 1.29 is 5.21 Å². The maximum Gasteiger partial charge on any atom is 0.219 e. The number of anilines is 1. The van der Waals surface area contributed by atoms with Gasteiger partial charge in [0.25, 0.3) is 0 Å². The van der Waals surface area contributed by atoms with E-state index in [1.165, 1.54) is 0 Å². The molecule has 6 heteroatoms. The molecule has 0 bridgehead atoms. The van der Waals surface area contributed by atoms with Gasteiger partial charge in [-0.15, -0.1) is 0 Å². The topological polar surface area (TPSA) is 110 Å². The molecular weight excluding hydrogens is 278 g/mol. The van der Waals surface area contributed by atoms with E-state index >= 15 is 0 Å². The lowest BCUT2D eigenvalue weighted by Crippen LogP contribution is -2.40. The van der Waals surface area contributed by atoms with E-state index in [1.807, 2.05) is 31.2 Å². The van der Waals surface area contributed by atoms with Gasteiger partial charge in [-0.25, -0.2) is 9.97 Å². The van der Waals surface area contributed by atoms with Crippen molar-refractivity contribution in [3.05, 3.63) is 42.2 Å². The molecule has 1 atom stereocenters. The number of hydrogen-bond acceptors (Lipinski definition) is 5. The molecule has 1 aliphatic carbocycles. The highest BCUT2D eigenvalue weighted by molar-refractivity contribution is 5.91. The molecule has 0 aliphatic heterocycles. The molecule has 1 fully saturated rings. The maximum absolute atomic E-state index is 9.10. The van der Waals surface area contributed by atoms with Crippen molar-refractivity contribution in [1.29, 1.82) is 0 Å². The van der Waals surface area contributed by atoms with E-state index in [-0.39, 0.29) is 11.8 Å². The van der Waals surface area contributed by atoms with E-state index in [0.29, 0.717) is 5.92 Å². The first-order valence-corrected chi connectivity index (χ1v) is 7.22. The lowest BCUT2D eigenvalue weighted by atomic mass is 9.76. The van der Waals surface area contributed by atoms with Crippen LogP contribution in [0.15, 0.2) is 41.8 Å². The monoisotopic (exact) mass is 297 g/mol. The van der Waals surface area contributed by atoms with Crippen LogP contribution in [0.3, 0.4) is 0 Å². The Morgan fingerprint density at radius 2 is 1.77 bits per heavy atom. The van der Waals surface area contributed by atoms with Crippen molar-refractivity contribution in [1.82, 2.24) is 9.97 Å². The van der Waals surface area contributed by atoms with Gasteiger partial charge >= 0.3 is 0 Å². The summed E-state index contributed by atoms with van der Waals surface area (Å²) >= 11 is 0. The molecule has 0 radical (unpaired) electrons. The normalized spacial score (nSPS) is 18.0. The summed E-state index contributed by atoms with van der Waals surface area (Å²) in [5.74, 6) is 0.946. The SMILES string of the molecule is CC(/C(N)=N/O)(c1ccc(-c2cnc(N)nc2)cc1)C1CC1. The van der Waals surface area contributed by atoms with Gasteiger partial charge in [-0.3, -0.25) is 0 Å². The Morgan fingerprint density at radius 3 is 2.27 bits per heavy atom. The molecule has 1 unspecified atom stereocenters. The van der Waals surface area contributed by atoms with Gasteiger partial charge in [-0.2, -0.15) is 0 Å². The van der Waals surface area contributed by atoms with Crippen LogP contribution in [0.4, 0.5) is 5.95 Å². The summed E-state index contributed by atoms with van der Waals surface area (Å²) < 4.78 is 0. The fourth-order valence-electron chi connectivity index (χ4n) is 2.85. The molecule has 22 heavy (non-hydrogen) atoms. The van der Waals surface area contributed by atoms with E-state index in [9.17, 15) is 0 Å². The first-order valence-electron chi connectivity index (χ1n) is 7.22. The molecule has 6 nitrogen and oxygen atoms in total. The number of hydrogen-bond donors (Lipinski definition) is 3. The number of nitrogen functional groups attached to an aromatic ring is 1. The van der Waals surface area contributed by atoms with Crippen LogP contribution in [0.1, 0.15) is 25.3 Å². The standard InChI is InChI=1S/C16H19N5O/c1-16(13-6-7-13,14(17)21-22)12-4-2-10(3-5-12)11-8-19-15(18)20-9-11/h2-5,8-9,13,22H,6-7H2,1H3,(H2,17,21)(H2,18,19,20). The van der Waals surface area contributed by atoms with Crippen molar-refractivity contribution >= 4 is 11.8 Å². The summed E-state index contributed by atoms with van der Waals surface area (Å²) in [6.45, 7) is 2.03. The van der Waals surface area contributed by atoms with Crippen molar-refractivity contribution in [2.75, 3.05) is 5.73 Å². The Kier molecular flexibility index (Phi) is 3.44. The molecule has 114 valence electrons. The zero-order valence-corrected chi connectivity index (χ0v) is 12.4. The number of oxime groups is 1. The molecule has 0 spiro atoms. The number of aromatic nitrogens is 2. The van der Waals surface area contributed by atoms with Crippen molar-refractivity contribution in [2.45, 2.75) is 25.2 Å².